The van der Waals surface area contributed by atoms with Crippen molar-refractivity contribution in [2.24, 2.45) is 35.2 Å². The fraction of sp³-hybridized carbons (Fsp3) is 0.531. The minimum atomic E-state index is -0.328. The number of aromatic nitrogens is 2. The van der Waals surface area contributed by atoms with Crippen molar-refractivity contribution < 1.29 is 9.13 Å². The van der Waals surface area contributed by atoms with Crippen molar-refractivity contribution in [3.05, 3.63) is 64.5 Å². The van der Waals surface area contributed by atoms with E-state index in [4.69, 9.17) is 14.7 Å². The number of aliphatic imine (C=N–C) groups is 1. The summed E-state index contributed by atoms with van der Waals surface area (Å²) in [5.41, 5.74) is 1.72. The van der Waals surface area contributed by atoms with Gasteiger partial charge in [0.15, 0.2) is 5.96 Å². The van der Waals surface area contributed by atoms with Crippen molar-refractivity contribution in [1.29, 1.82) is 0 Å². The van der Waals surface area contributed by atoms with E-state index in [1.165, 1.54) is 23.1 Å². The van der Waals surface area contributed by atoms with Crippen LogP contribution in [0.5, 0.6) is 5.75 Å². The summed E-state index contributed by atoms with van der Waals surface area (Å²) < 4.78 is 20.6. The standard InChI is InChI=1S/C32H41FN6O2/c1-19-17-39(13-12-34-19)31(37-27-15-21-14-26(20(27)2)32(21,3)4)35-23-8-11-25-28(16-23)36-29(38(5)30(25)40)18-41-24-9-6-22(33)7-10-24/h6-11,16,19-21,26-27,34H,12-15,17-18H2,1-5H3,(H,35,37)/t19-,20+,21-,26-,27?/m0/s1. The van der Waals surface area contributed by atoms with Gasteiger partial charge in [0, 0.05) is 38.4 Å². The van der Waals surface area contributed by atoms with Crippen molar-refractivity contribution in [3.8, 4) is 5.75 Å². The van der Waals surface area contributed by atoms with Crippen molar-refractivity contribution in [2.45, 2.75) is 59.2 Å². The van der Waals surface area contributed by atoms with Gasteiger partial charge in [0.05, 0.1) is 16.9 Å². The molecule has 7 rings (SSSR count). The topological polar surface area (TPSA) is 83.8 Å². The summed E-state index contributed by atoms with van der Waals surface area (Å²) in [6.07, 6.45) is 2.45. The van der Waals surface area contributed by atoms with E-state index in [0.29, 0.717) is 45.9 Å². The summed E-state index contributed by atoms with van der Waals surface area (Å²) in [5, 5.41) is 7.71. The van der Waals surface area contributed by atoms with Crippen LogP contribution in [0.25, 0.3) is 10.9 Å². The van der Waals surface area contributed by atoms with Crippen LogP contribution in [-0.4, -0.2) is 52.1 Å². The Kier molecular flexibility index (Phi) is 7.26. The zero-order valence-corrected chi connectivity index (χ0v) is 24.7. The summed E-state index contributed by atoms with van der Waals surface area (Å²) in [4.78, 5) is 25.7. The molecule has 0 radical (unpaired) electrons. The second kappa shape index (κ2) is 10.7. The lowest BCUT2D eigenvalue weighted by atomic mass is 9.45. The molecule has 41 heavy (non-hydrogen) atoms. The average Bonchev–Trinajstić information content (AvgIpc) is 2.95. The summed E-state index contributed by atoms with van der Waals surface area (Å²) in [6, 6.07) is 12.2. The molecule has 1 aromatic heterocycles. The third-order valence-electron chi connectivity index (χ3n) is 9.88. The Morgan fingerprint density at radius 3 is 2.68 bits per heavy atom. The molecule has 4 aliphatic rings. The van der Waals surface area contributed by atoms with E-state index in [-0.39, 0.29) is 18.0 Å². The van der Waals surface area contributed by atoms with Crippen molar-refractivity contribution in [3.63, 3.8) is 0 Å². The predicted octanol–water partition coefficient (Wildman–Crippen LogP) is 4.78. The van der Waals surface area contributed by atoms with Gasteiger partial charge in [-0.15, -0.1) is 0 Å². The van der Waals surface area contributed by atoms with E-state index in [2.05, 4.69) is 43.2 Å². The molecule has 1 unspecified atom stereocenters. The first-order chi connectivity index (χ1) is 19.6. The molecule has 5 atom stereocenters. The Hall–Kier alpha value is -3.46. The SMILES string of the molecule is C[C@H]1CN(C(=NC2C[C@@H]3C[C@@H]([C@H]2C)C3(C)C)Nc2ccc3c(=O)n(C)c(COc4ccc(F)cc4)nc3c2)CCN1. The molecule has 3 saturated carbocycles. The minimum absolute atomic E-state index is 0.0919. The molecule has 0 amide bonds. The molecule has 218 valence electrons. The van der Waals surface area contributed by atoms with E-state index in [1.54, 1.807) is 19.2 Å². The highest BCUT2D eigenvalue weighted by atomic mass is 19.1. The largest absolute Gasteiger partial charge is 0.486 e. The van der Waals surface area contributed by atoms with Crippen LogP contribution >= 0.6 is 0 Å². The summed E-state index contributed by atoms with van der Waals surface area (Å²) in [7, 11) is 1.69. The number of rotatable bonds is 5. The number of ether oxygens (including phenoxy) is 1. The molecule has 2 heterocycles. The predicted molar refractivity (Wildman–Crippen MR) is 161 cm³/mol. The maximum atomic E-state index is 13.3. The first-order valence-corrected chi connectivity index (χ1v) is 14.8. The van der Waals surface area contributed by atoms with Gasteiger partial charge in [-0.1, -0.05) is 20.8 Å². The second-order valence-electron chi connectivity index (χ2n) is 12.8. The monoisotopic (exact) mass is 560 g/mol. The van der Waals surface area contributed by atoms with Gasteiger partial charge in [0.1, 0.15) is 24.0 Å². The Morgan fingerprint density at radius 2 is 1.98 bits per heavy atom. The smallest absolute Gasteiger partial charge is 0.261 e. The van der Waals surface area contributed by atoms with E-state index >= 15 is 0 Å². The Bertz CT molecular complexity index is 1520. The quantitative estimate of drug-likeness (QED) is 0.345. The van der Waals surface area contributed by atoms with Gasteiger partial charge in [-0.2, -0.15) is 0 Å². The zero-order chi connectivity index (χ0) is 28.9. The summed E-state index contributed by atoms with van der Waals surface area (Å²) in [5.74, 6) is 3.57. The highest BCUT2D eigenvalue weighted by Crippen LogP contribution is 2.61. The van der Waals surface area contributed by atoms with Crippen molar-refractivity contribution >= 4 is 22.5 Å². The number of anilines is 1. The second-order valence-corrected chi connectivity index (χ2v) is 12.8. The molecular weight excluding hydrogens is 519 g/mol. The zero-order valence-electron chi connectivity index (χ0n) is 24.7. The number of fused-ring (bicyclic) bond motifs is 3. The lowest BCUT2D eigenvalue weighted by molar-refractivity contribution is -0.108. The fourth-order valence-corrected chi connectivity index (χ4v) is 7.10. The molecule has 2 N–H and O–H groups in total. The van der Waals surface area contributed by atoms with Crippen LogP contribution in [0.4, 0.5) is 10.1 Å². The number of nitrogens with one attached hydrogen (secondary N) is 2. The minimum Gasteiger partial charge on any atom is -0.486 e. The summed E-state index contributed by atoms with van der Waals surface area (Å²) in [6.45, 7) is 12.2. The van der Waals surface area contributed by atoms with E-state index in [0.717, 1.165) is 49.5 Å². The van der Waals surface area contributed by atoms with Gasteiger partial charge in [0.2, 0.25) is 0 Å². The van der Waals surface area contributed by atoms with Gasteiger partial charge in [-0.25, -0.2) is 14.4 Å². The number of hydrogen-bond donors (Lipinski definition) is 2. The molecule has 0 spiro atoms. The van der Waals surface area contributed by atoms with E-state index < -0.39 is 0 Å². The number of benzene rings is 2. The number of halogens is 1. The van der Waals surface area contributed by atoms with Crippen LogP contribution in [0, 0.1) is 29.0 Å². The van der Waals surface area contributed by atoms with Crippen LogP contribution in [0.3, 0.4) is 0 Å². The highest BCUT2D eigenvalue weighted by molar-refractivity contribution is 5.96. The van der Waals surface area contributed by atoms with Crippen LogP contribution < -0.4 is 20.9 Å². The first-order valence-electron chi connectivity index (χ1n) is 14.8. The van der Waals surface area contributed by atoms with Gasteiger partial charge in [-0.3, -0.25) is 9.36 Å². The Labute approximate surface area is 241 Å². The number of piperazine rings is 1. The molecule has 3 aliphatic carbocycles. The maximum Gasteiger partial charge on any atom is 0.261 e. The van der Waals surface area contributed by atoms with Crippen molar-refractivity contribution in [2.75, 3.05) is 25.0 Å². The van der Waals surface area contributed by atoms with E-state index in [1.807, 2.05) is 18.2 Å². The van der Waals surface area contributed by atoms with Gasteiger partial charge >= 0.3 is 0 Å². The van der Waals surface area contributed by atoms with Crippen LogP contribution in [0.15, 0.2) is 52.3 Å². The van der Waals surface area contributed by atoms with Gasteiger partial charge in [-0.05, 0) is 85.4 Å². The molecular formula is C32H41FN6O2. The van der Waals surface area contributed by atoms with Crippen LogP contribution in [-0.2, 0) is 13.7 Å². The number of hydrogen-bond acceptors (Lipinski definition) is 5. The lowest BCUT2D eigenvalue weighted by Crippen LogP contribution is -2.57. The normalized spacial score (nSPS) is 27.4. The molecule has 9 heteroatoms. The first kappa shape index (κ1) is 27.7. The molecule has 1 aliphatic heterocycles. The molecule has 4 fully saturated rings. The Morgan fingerprint density at radius 1 is 1.20 bits per heavy atom. The maximum absolute atomic E-state index is 13.3. The van der Waals surface area contributed by atoms with Gasteiger partial charge in [0.25, 0.3) is 5.56 Å². The van der Waals surface area contributed by atoms with E-state index in [9.17, 15) is 9.18 Å². The van der Waals surface area contributed by atoms with Crippen LogP contribution in [0.1, 0.15) is 46.4 Å². The molecule has 2 bridgehead atoms. The molecule has 1 saturated heterocycles. The van der Waals surface area contributed by atoms with Gasteiger partial charge < -0.3 is 20.3 Å². The average molecular weight is 561 g/mol. The third kappa shape index (κ3) is 5.32. The Balaban J connectivity index is 1.28. The molecule has 3 aromatic rings. The molecule has 2 aromatic carbocycles. The van der Waals surface area contributed by atoms with Crippen LogP contribution in [0.2, 0.25) is 0 Å². The van der Waals surface area contributed by atoms with Crippen molar-refractivity contribution in [1.82, 2.24) is 19.8 Å². The number of nitrogens with zero attached hydrogens (tertiary/aromatic N) is 4. The highest BCUT2D eigenvalue weighted by Gasteiger charge is 2.56. The molecule has 8 nitrogen and oxygen atoms in total. The third-order valence-corrected chi connectivity index (χ3v) is 9.88. The number of guanidine groups is 1. The summed E-state index contributed by atoms with van der Waals surface area (Å²) >= 11 is 0. The fourth-order valence-electron chi connectivity index (χ4n) is 7.10. The lowest BCUT2D eigenvalue weighted by Gasteiger charge is -2.61.